The summed E-state index contributed by atoms with van der Waals surface area (Å²) in [5.74, 6) is 0. The van der Waals surface area contributed by atoms with Gasteiger partial charge in [0, 0.05) is 16.9 Å². The van der Waals surface area contributed by atoms with Gasteiger partial charge in [-0.25, -0.2) is 0 Å². The molecule has 0 spiro atoms. The molecule has 3 N–H and O–H groups in total. The number of hydrogen-bond acceptors (Lipinski definition) is 2. The minimum atomic E-state index is 0.611. The molecule has 0 saturated carbocycles. The van der Waals surface area contributed by atoms with Gasteiger partial charge in [0.15, 0.2) is 5.11 Å². The maximum atomic E-state index is 5.42. The second-order valence-corrected chi connectivity index (χ2v) is 6.78. The molecule has 1 heterocycles. The number of rotatable bonds is 5. The van der Waals surface area contributed by atoms with Crippen molar-refractivity contribution in [3.05, 3.63) is 59.7 Å². The number of hydrogen-bond donors (Lipinski definition) is 3. The van der Waals surface area contributed by atoms with Crippen LogP contribution in [0.4, 0.5) is 11.4 Å². The van der Waals surface area contributed by atoms with Crippen molar-refractivity contribution in [2.45, 2.75) is 19.9 Å². The normalized spacial score (nSPS) is 14.9. The molecule has 0 unspecified atom stereocenters. The average molecular weight is 357 g/mol. The minimum absolute atomic E-state index is 0.611. The summed E-state index contributed by atoms with van der Waals surface area (Å²) in [6, 6.07) is 16.8. The summed E-state index contributed by atoms with van der Waals surface area (Å²) in [7, 11) is 0. The van der Waals surface area contributed by atoms with Gasteiger partial charge in [0.1, 0.15) is 19.6 Å². The predicted molar refractivity (Wildman–Crippen MR) is 107 cm³/mol. The van der Waals surface area contributed by atoms with Crippen molar-refractivity contribution >= 4 is 28.7 Å². The first kappa shape index (κ1) is 17.9. The SMILES string of the molecule is CCc1cccc(NC(=S)Nc2ccc(C[NH+]3CCOCC3)cc2)c1. The van der Waals surface area contributed by atoms with Gasteiger partial charge >= 0.3 is 0 Å². The Labute approximate surface area is 155 Å². The van der Waals surface area contributed by atoms with Crippen molar-refractivity contribution in [3.8, 4) is 0 Å². The highest BCUT2D eigenvalue weighted by Crippen LogP contribution is 2.13. The fraction of sp³-hybridized carbons (Fsp3) is 0.350. The highest BCUT2D eigenvalue weighted by molar-refractivity contribution is 7.80. The van der Waals surface area contributed by atoms with E-state index in [0.29, 0.717) is 5.11 Å². The zero-order valence-electron chi connectivity index (χ0n) is 14.7. The van der Waals surface area contributed by atoms with E-state index >= 15 is 0 Å². The molecule has 0 bridgehead atoms. The van der Waals surface area contributed by atoms with Gasteiger partial charge < -0.3 is 20.3 Å². The fourth-order valence-electron chi connectivity index (χ4n) is 2.99. The first-order valence-electron chi connectivity index (χ1n) is 8.90. The van der Waals surface area contributed by atoms with Gasteiger partial charge in [-0.2, -0.15) is 0 Å². The lowest BCUT2D eigenvalue weighted by Gasteiger charge is -2.23. The molecule has 1 aliphatic rings. The molecule has 3 rings (SSSR count). The van der Waals surface area contributed by atoms with Crippen LogP contribution in [0.1, 0.15) is 18.1 Å². The largest absolute Gasteiger partial charge is 0.370 e. The second kappa shape index (κ2) is 8.94. The lowest BCUT2D eigenvalue weighted by molar-refractivity contribution is -0.921. The van der Waals surface area contributed by atoms with Gasteiger partial charge in [-0.05, 0) is 48.5 Å². The molecule has 1 saturated heterocycles. The van der Waals surface area contributed by atoms with Gasteiger partial charge in [0.05, 0.1) is 13.2 Å². The Balaban J connectivity index is 1.52. The van der Waals surface area contributed by atoms with E-state index in [-0.39, 0.29) is 0 Å². The van der Waals surface area contributed by atoms with E-state index in [2.05, 4.69) is 54.0 Å². The molecule has 2 aromatic carbocycles. The number of aryl methyl sites for hydroxylation is 1. The summed E-state index contributed by atoms with van der Waals surface area (Å²) in [6.45, 7) is 7.12. The summed E-state index contributed by atoms with van der Waals surface area (Å²) >= 11 is 5.42. The third-order valence-corrected chi connectivity index (χ3v) is 4.66. The lowest BCUT2D eigenvalue weighted by atomic mass is 10.1. The smallest absolute Gasteiger partial charge is 0.175 e. The molecule has 0 amide bonds. The van der Waals surface area contributed by atoms with Gasteiger partial charge in [-0.1, -0.05) is 31.2 Å². The molecule has 0 aromatic heterocycles. The number of ether oxygens (including phenoxy) is 1. The molecule has 4 nitrogen and oxygen atoms in total. The lowest BCUT2D eigenvalue weighted by Crippen LogP contribution is -3.12. The van der Waals surface area contributed by atoms with Crippen LogP contribution in [-0.2, 0) is 17.7 Å². The quantitative estimate of drug-likeness (QED) is 0.720. The molecule has 1 fully saturated rings. The molecular weight excluding hydrogens is 330 g/mol. The third-order valence-electron chi connectivity index (χ3n) is 4.46. The first-order valence-corrected chi connectivity index (χ1v) is 9.31. The Bertz CT molecular complexity index is 696. The van der Waals surface area contributed by atoms with E-state index in [9.17, 15) is 0 Å². The number of quaternary nitrogens is 1. The van der Waals surface area contributed by atoms with Crippen LogP contribution in [0.5, 0.6) is 0 Å². The summed E-state index contributed by atoms with van der Waals surface area (Å²) < 4.78 is 5.41. The molecule has 0 aliphatic carbocycles. The summed E-state index contributed by atoms with van der Waals surface area (Å²) in [5, 5.41) is 7.11. The van der Waals surface area contributed by atoms with E-state index in [4.69, 9.17) is 17.0 Å². The molecular formula is C20H26N3OS+. The third kappa shape index (κ3) is 5.53. The van der Waals surface area contributed by atoms with Gasteiger partial charge in [0.25, 0.3) is 0 Å². The average Bonchev–Trinajstić information content (AvgIpc) is 2.64. The van der Waals surface area contributed by atoms with Crippen molar-refractivity contribution in [1.29, 1.82) is 0 Å². The zero-order chi connectivity index (χ0) is 17.5. The van der Waals surface area contributed by atoms with Gasteiger partial charge in [-0.15, -0.1) is 0 Å². The number of nitrogens with one attached hydrogen (secondary N) is 3. The Hall–Kier alpha value is -1.95. The van der Waals surface area contributed by atoms with Crippen LogP contribution in [-0.4, -0.2) is 31.4 Å². The zero-order valence-corrected chi connectivity index (χ0v) is 15.5. The van der Waals surface area contributed by atoms with E-state index < -0.39 is 0 Å². The maximum absolute atomic E-state index is 5.42. The summed E-state index contributed by atoms with van der Waals surface area (Å²) in [6.07, 6.45) is 1.02. The van der Waals surface area contributed by atoms with E-state index in [1.165, 1.54) is 11.1 Å². The predicted octanol–water partition coefficient (Wildman–Crippen LogP) is 2.47. The molecule has 132 valence electrons. The number of morpholine rings is 1. The molecule has 1 aliphatic heterocycles. The topological polar surface area (TPSA) is 37.7 Å². The molecule has 0 atom stereocenters. The maximum Gasteiger partial charge on any atom is 0.175 e. The summed E-state index contributed by atoms with van der Waals surface area (Å²) in [5.41, 5.74) is 4.66. The summed E-state index contributed by atoms with van der Waals surface area (Å²) in [4.78, 5) is 1.58. The van der Waals surface area contributed by atoms with Crippen molar-refractivity contribution in [2.24, 2.45) is 0 Å². The highest BCUT2D eigenvalue weighted by Gasteiger charge is 2.13. The Kier molecular flexibility index (Phi) is 6.39. The molecule has 0 radical (unpaired) electrons. The number of thiocarbonyl (C=S) groups is 1. The first-order chi connectivity index (χ1) is 12.2. The molecule has 5 heteroatoms. The van der Waals surface area contributed by atoms with Gasteiger partial charge in [-0.3, -0.25) is 0 Å². The molecule has 2 aromatic rings. The fourth-order valence-corrected chi connectivity index (χ4v) is 3.23. The van der Waals surface area contributed by atoms with E-state index in [0.717, 1.165) is 50.6 Å². The highest BCUT2D eigenvalue weighted by atomic mass is 32.1. The van der Waals surface area contributed by atoms with Crippen molar-refractivity contribution in [2.75, 3.05) is 36.9 Å². The minimum Gasteiger partial charge on any atom is -0.370 e. The molecule has 25 heavy (non-hydrogen) atoms. The number of anilines is 2. The Morgan fingerprint density at radius 3 is 2.44 bits per heavy atom. The van der Waals surface area contributed by atoms with Crippen LogP contribution in [0.3, 0.4) is 0 Å². The van der Waals surface area contributed by atoms with E-state index in [1.807, 2.05) is 12.1 Å². The van der Waals surface area contributed by atoms with Crippen LogP contribution in [0, 0.1) is 0 Å². The number of benzene rings is 2. The van der Waals surface area contributed by atoms with Crippen molar-refractivity contribution in [3.63, 3.8) is 0 Å². The Morgan fingerprint density at radius 1 is 1.00 bits per heavy atom. The van der Waals surface area contributed by atoms with Crippen LogP contribution in [0.2, 0.25) is 0 Å². The van der Waals surface area contributed by atoms with Crippen LogP contribution in [0.25, 0.3) is 0 Å². The second-order valence-electron chi connectivity index (χ2n) is 6.37. The van der Waals surface area contributed by atoms with Gasteiger partial charge in [0.2, 0.25) is 0 Å². The van der Waals surface area contributed by atoms with E-state index in [1.54, 1.807) is 4.90 Å². The Morgan fingerprint density at radius 2 is 1.72 bits per heavy atom. The monoisotopic (exact) mass is 356 g/mol. The van der Waals surface area contributed by atoms with Crippen molar-refractivity contribution < 1.29 is 9.64 Å². The van der Waals surface area contributed by atoms with Crippen molar-refractivity contribution in [1.82, 2.24) is 0 Å². The van der Waals surface area contributed by atoms with Crippen LogP contribution >= 0.6 is 12.2 Å². The standard InChI is InChI=1S/C20H25N3OS/c1-2-16-4-3-5-19(14-16)22-20(25)21-18-8-6-17(7-9-18)15-23-10-12-24-13-11-23/h3-9,14H,2,10-13,15H2,1H3,(H2,21,22,25)/p+1. The van der Waals surface area contributed by atoms with Crippen LogP contribution < -0.4 is 15.5 Å². The van der Waals surface area contributed by atoms with Crippen LogP contribution in [0.15, 0.2) is 48.5 Å².